The van der Waals surface area contributed by atoms with Crippen molar-refractivity contribution in [2.45, 2.75) is 6.42 Å². The highest BCUT2D eigenvalue weighted by atomic mass is 32.1. The van der Waals surface area contributed by atoms with Gasteiger partial charge in [0.15, 0.2) is 5.78 Å². The predicted octanol–water partition coefficient (Wildman–Crippen LogP) is 4.67. The fraction of sp³-hybridized carbons (Fsp3) is 0.120. The Morgan fingerprint density at radius 1 is 0.848 bits per heavy atom. The second kappa shape index (κ2) is 9.62. The topological polar surface area (TPSA) is 98.6 Å². The number of benzene rings is 3. The normalized spacial score (nSPS) is 11.7. The van der Waals surface area contributed by atoms with Crippen LogP contribution in [0.15, 0.2) is 72.3 Å². The Bertz CT molecular complexity index is 1360. The smallest absolute Gasteiger partial charge is 0.336 e. The summed E-state index contributed by atoms with van der Waals surface area (Å²) >= 11 is 1.05. The van der Waals surface area contributed by atoms with Crippen LogP contribution in [0.2, 0.25) is 0 Å². The Morgan fingerprint density at radius 3 is 2.24 bits per heavy atom. The Labute approximate surface area is 194 Å². The van der Waals surface area contributed by atoms with Crippen LogP contribution in [0, 0.1) is 0 Å². The number of hydrogen-bond donors (Lipinski definition) is 1. The van der Waals surface area contributed by atoms with Crippen molar-refractivity contribution >= 4 is 40.1 Å². The summed E-state index contributed by atoms with van der Waals surface area (Å²) < 4.78 is 18.8. The number of aromatic nitrogens is 2. The minimum absolute atomic E-state index is 0.0754. The van der Waals surface area contributed by atoms with E-state index >= 15 is 0 Å². The van der Waals surface area contributed by atoms with Crippen molar-refractivity contribution in [1.29, 1.82) is 0 Å². The third kappa shape index (κ3) is 4.75. The van der Waals surface area contributed by atoms with E-state index in [1.807, 2.05) is 6.07 Å². The average Bonchev–Trinajstić information content (AvgIpc) is 3.31. The van der Waals surface area contributed by atoms with Crippen molar-refractivity contribution in [1.82, 2.24) is 8.75 Å². The van der Waals surface area contributed by atoms with Crippen LogP contribution >= 0.6 is 11.7 Å². The lowest BCUT2D eigenvalue weighted by Gasteiger charge is -2.14. The number of ether oxygens (including phenoxy) is 2. The number of nitrogens with zero attached hydrogens (tertiary/aromatic N) is 2. The molecule has 0 saturated carbocycles. The first-order valence-corrected chi connectivity index (χ1v) is 10.7. The maximum absolute atomic E-state index is 13.6. The van der Waals surface area contributed by atoms with E-state index in [1.54, 1.807) is 67.8 Å². The SMILES string of the molecule is COc1ccc(C(=O)/C(Cc2cccc(OC)c2)=C(/C(=O)O)c2ccc3nsnc3c2)cc1. The van der Waals surface area contributed by atoms with E-state index < -0.39 is 5.97 Å². The molecule has 0 amide bonds. The molecule has 0 bridgehead atoms. The maximum atomic E-state index is 13.6. The minimum Gasteiger partial charge on any atom is -0.497 e. The van der Waals surface area contributed by atoms with Crippen molar-refractivity contribution < 1.29 is 24.2 Å². The van der Waals surface area contributed by atoms with Crippen molar-refractivity contribution in [2.24, 2.45) is 0 Å². The summed E-state index contributed by atoms with van der Waals surface area (Å²) in [6, 6.07) is 18.8. The zero-order chi connectivity index (χ0) is 23.4. The van der Waals surface area contributed by atoms with Gasteiger partial charge in [0.1, 0.15) is 22.5 Å². The monoisotopic (exact) mass is 460 g/mol. The molecule has 0 aliphatic carbocycles. The highest BCUT2D eigenvalue weighted by Crippen LogP contribution is 2.29. The van der Waals surface area contributed by atoms with Crippen molar-refractivity contribution in [3.8, 4) is 11.5 Å². The largest absolute Gasteiger partial charge is 0.497 e. The molecular weight excluding hydrogens is 440 g/mol. The fourth-order valence-corrected chi connectivity index (χ4v) is 4.07. The number of carboxylic acids is 1. The van der Waals surface area contributed by atoms with E-state index in [-0.39, 0.29) is 23.4 Å². The molecule has 4 rings (SSSR count). The molecule has 7 nitrogen and oxygen atoms in total. The van der Waals surface area contributed by atoms with E-state index in [1.165, 1.54) is 7.11 Å². The van der Waals surface area contributed by atoms with Gasteiger partial charge in [-0.25, -0.2) is 4.79 Å². The van der Waals surface area contributed by atoms with E-state index in [4.69, 9.17) is 9.47 Å². The molecule has 0 aliphatic rings. The number of carboxylic acid groups (broad SMARTS) is 1. The first-order valence-electron chi connectivity index (χ1n) is 10.0. The summed E-state index contributed by atoms with van der Waals surface area (Å²) in [6.45, 7) is 0. The van der Waals surface area contributed by atoms with Gasteiger partial charge in [-0.05, 0) is 59.7 Å². The number of methoxy groups -OCH3 is 2. The molecule has 1 aromatic heterocycles. The zero-order valence-electron chi connectivity index (χ0n) is 17.9. The zero-order valence-corrected chi connectivity index (χ0v) is 18.8. The van der Waals surface area contributed by atoms with Crippen LogP contribution in [0.4, 0.5) is 0 Å². The highest BCUT2D eigenvalue weighted by Gasteiger charge is 2.24. The molecule has 0 unspecified atom stereocenters. The van der Waals surface area contributed by atoms with Crippen LogP contribution in [-0.4, -0.2) is 39.8 Å². The van der Waals surface area contributed by atoms with Gasteiger partial charge >= 0.3 is 5.97 Å². The van der Waals surface area contributed by atoms with E-state index in [0.717, 1.165) is 17.3 Å². The number of Topliss-reactive ketones (excluding diaryl/α,β-unsaturated/α-hetero) is 1. The van der Waals surface area contributed by atoms with Crippen molar-refractivity contribution in [3.05, 3.63) is 89.0 Å². The molecule has 0 atom stereocenters. The van der Waals surface area contributed by atoms with Gasteiger partial charge < -0.3 is 14.6 Å². The minimum atomic E-state index is -1.20. The van der Waals surface area contributed by atoms with Gasteiger partial charge in [0.25, 0.3) is 0 Å². The number of hydrogen-bond acceptors (Lipinski definition) is 7. The van der Waals surface area contributed by atoms with Crippen molar-refractivity contribution in [2.75, 3.05) is 14.2 Å². The third-order valence-corrected chi connectivity index (χ3v) is 5.76. The van der Waals surface area contributed by atoms with Crippen LogP contribution < -0.4 is 9.47 Å². The predicted molar refractivity (Wildman–Crippen MR) is 126 cm³/mol. The summed E-state index contributed by atoms with van der Waals surface area (Å²) in [5.41, 5.74) is 2.84. The van der Waals surface area contributed by atoms with E-state index in [9.17, 15) is 14.7 Å². The van der Waals surface area contributed by atoms with Crippen molar-refractivity contribution in [3.63, 3.8) is 0 Å². The number of rotatable bonds is 8. The van der Waals surface area contributed by atoms with Gasteiger partial charge in [-0.2, -0.15) is 8.75 Å². The lowest BCUT2D eigenvalue weighted by atomic mass is 9.89. The summed E-state index contributed by atoms with van der Waals surface area (Å²) in [7, 11) is 3.09. The second-order valence-corrected chi connectivity index (χ2v) is 7.74. The summed E-state index contributed by atoms with van der Waals surface area (Å²) in [5, 5.41) is 10.2. The van der Waals surface area contributed by atoms with E-state index in [0.29, 0.717) is 33.7 Å². The van der Waals surface area contributed by atoms with Gasteiger partial charge in [0, 0.05) is 17.6 Å². The Morgan fingerprint density at radius 2 is 1.55 bits per heavy atom. The lowest BCUT2D eigenvalue weighted by molar-refractivity contribution is -0.130. The molecule has 0 spiro atoms. The molecule has 4 aromatic rings. The van der Waals surface area contributed by atoms with Gasteiger partial charge in [0.2, 0.25) is 0 Å². The molecule has 33 heavy (non-hydrogen) atoms. The van der Waals surface area contributed by atoms with Crippen LogP contribution in [0.25, 0.3) is 16.6 Å². The molecule has 3 aromatic carbocycles. The molecule has 0 saturated heterocycles. The lowest BCUT2D eigenvalue weighted by Crippen LogP contribution is -2.14. The van der Waals surface area contributed by atoms with Gasteiger partial charge in [0.05, 0.1) is 31.5 Å². The maximum Gasteiger partial charge on any atom is 0.336 e. The average molecular weight is 461 g/mol. The fourth-order valence-electron chi connectivity index (χ4n) is 3.55. The third-order valence-electron chi connectivity index (χ3n) is 5.20. The molecule has 1 heterocycles. The molecule has 166 valence electrons. The quantitative estimate of drug-likeness (QED) is 0.301. The summed E-state index contributed by atoms with van der Waals surface area (Å²) in [4.78, 5) is 26.1. The van der Waals surface area contributed by atoms with Gasteiger partial charge in [-0.1, -0.05) is 18.2 Å². The Kier molecular flexibility index (Phi) is 6.46. The molecular formula is C25H20N2O5S. The molecule has 0 fully saturated rings. The van der Waals surface area contributed by atoms with Crippen LogP contribution in [0.1, 0.15) is 21.5 Å². The number of fused-ring (bicyclic) bond motifs is 1. The van der Waals surface area contributed by atoms with Crippen LogP contribution in [0.3, 0.4) is 0 Å². The van der Waals surface area contributed by atoms with Gasteiger partial charge in [-0.3, -0.25) is 4.79 Å². The number of carbonyl (C=O) groups excluding carboxylic acids is 1. The Balaban J connectivity index is 1.89. The molecule has 8 heteroatoms. The first-order chi connectivity index (χ1) is 16.0. The first kappa shape index (κ1) is 22.2. The second-order valence-electron chi connectivity index (χ2n) is 7.21. The molecule has 0 radical (unpaired) electrons. The van der Waals surface area contributed by atoms with E-state index in [2.05, 4.69) is 8.75 Å². The number of ketones is 1. The van der Waals surface area contributed by atoms with Crippen LogP contribution in [-0.2, 0) is 11.2 Å². The molecule has 1 N–H and O–H groups in total. The van der Waals surface area contributed by atoms with Gasteiger partial charge in [-0.15, -0.1) is 0 Å². The number of allylic oxidation sites excluding steroid dienone is 1. The standard InChI is InChI=1S/C25H20N2O5S/c1-31-18-9-6-16(7-10-18)24(28)20(13-15-4-3-5-19(12-15)32-2)23(25(29)30)17-8-11-21-22(14-17)27-33-26-21/h3-12,14H,13H2,1-2H3,(H,29,30)/b23-20+. The highest BCUT2D eigenvalue weighted by molar-refractivity contribution is 7.00. The Hall–Kier alpha value is -4.04. The number of carbonyl (C=O) groups is 2. The summed E-state index contributed by atoms with van der Waals surface area (Å²) in [5.74, 6) is -0.355. The summed E-state index contributed by atoms with van der Waals surface area (Å²) in [6.07, 6.45) is 0.108. The number of aliphatic carboxylic acids is 1. The van der Waals surface area contributed by atoms with Crippen LogP contribution in [0.5, 0.6) is 11.5 Å². The molecule has 0 aliphatic heterocycles.